The zero-order valence-electron chi connectivity index (χ0n) is 11.1. The van der Waals surface area contributed by atoms with Crippen molar-refractivity contribution in [2.75, 3.05) is 13.2 Å². The second kappa shape index (κ2) is 6.72. The highest BCUT2D eigenvalue weighted by Gasteiger charge is 1.99. The summed E-state index contributed by atoms with van der Waals surface area (Å²) < 4.78 is 5.35. The lowest BCUT2D eigenvalue weighted by Crippen LogP contribution is -1.97. The zero-order chi connectivity index (χ0) is 13.5. The van der Waals surface area contributed by atoms with Crippen molar-refractivity contribution in [3.8, 4) is 17.2 Å². The maximum atomic E-state index is 8.78. The number of benzene rings is 2. The second-order valence-electron chi connectivity index (χ2n) is 4.33. The summed E-state index contributed by atoms with van der Waals surface area (Å²) >= 11 is 0. The third-order valence-electron chi connectivity index (χ3n) is 3.04. The van der Waals surface area contributed by atoms with Crippen molar-refractivity contribution < 1.29 is 4.74 Å². The van der Waals surface area contributed by atoms with Crippen molar-refractivity contribution in [2.24, 2.45) is 0 Å². The Morgan fingerprint density at radius 2 is 1.53 bits per heavy atom. The number of rotatable bonds is 5. The first-order valence-electron chi connectivity index (χ1n) is 6.50. The standard InChI is InChI=1S/C17H17NO/c1-2-19-12-11-14-3-7-16(8-4-14)17-9-5-15(13-18)6-10-17/h3-10H,2,11-12H2,1H3. The van der Waals surface area contributed by atoms with Crippen LogP contribution in [0.3, 0.4) is 0 Å². The van der Waals surface area contributed by atoms with Crippen LogP contribution >= 0.6 is 0 Å². The van der Waals surface area contributed by atoms with Gasteiger partial charge in [-0.15, -0.1) is 0 Å². The average molecular weight is 251 g/mol. The molecule has 2 aromatic carbocycles. The Morgan fingerprint density at radius 1 is 0.947 bits per heavy atom. The van der Waals surface area contributed by atoms with Crippen molar-refractivity contribution in [3.05, 3.63) is 59.7 Å². The van der Waals surface area contributed by atoms with Crippen LogP contribution in [0.25, 0.3) is 11.1 Å². The fourth-order valence-electron chi connectivity index (χ4n) is 1.94. The number of hydrogen-bond acceptors (Lipinski definition) is 2. The lowest BCUT2D eigenvalue weighted by atomic mass is 10.0. The van der Waals surface area contributed by atoms with E-state index in [1.165, 1.54) is 11.1 Å². The first kappa shape index (κ1) is 13.3. The van der Waals surface area contributed by atoms with E-state index in [-0.39, 0.29) is 0 Å². The van der Waals surface area contributed by atoms with Gasteiger partial charge >= 0.3 is 0 Å². The van der Waals surface area contributed by atoms with Gasteiger partial charge in [0, 0.05) is 6.61 Å². The normalized spacial score (nSPS) is 10.1. The molecule has 0 aliphatic rings. The SMILES string of the molecule is CCOCCc1ccc(-c2ccc(C#N)cc2)cc1. The Labute approximate surface area is 114 Å². The molecule has 0 N–H and O–H groups in total. The highest BCUT2D eigenvalue weighted by molar-refractivity contribution is 5.64. The van der Waals surface area contributed by atoms with Crippen molar-refractivity contribution in [1.82, 2.24) is 0 Å². The Bertz CT molecular complexity index is 549. The summed E-state index contributed by atoms with van der Waals surface area (Å²) in [4.78, 5) is 0. The van der Waals surface area contributed by atoms with Crippen molar-refractivity contribution >= 4 is 0 Å². The maximum Gasteiger partial charge on any atom is 0.0991 e. The van der Waals surface area contributed by atoms with E-state index in [1.54, 1.807) is 0 Å². The molecule has 0 fully saturated rings. The van der Waals surface area contributed by atoms with Gasteiger partial charge in [0.15, 0.2) is 0 Å². The van der Waals surface area contributed by atoms with Crippen LogP contribution in [-0.2, 0) is 11.2 Å². The molecule has 0 unspecified atom stereocenters. The first-order chi connectivity index (χ1) is 9.33. The highest BCUT2D eigenvalue weighted by Crippen LogP contribution is 2.20. The molecule has 96 valence electrons. The first-order valence-corrected chi connectivity index (χ1v) is 6.50. The van der Waals surface area contributed by atoms with Gasteiger partial charge in [0.1, 0.15) is 0 Å². The molecule has 2 aromatic rings. The molecule has 0 spiro atoms. The Kier molecular flexibility index (Phi) is 4.72. The van der Waals surface area contributed by atoms with Crippen LogP contribution < -0.4 is 0 Å². The van der Waals surface area contributed by atoms with Gasteiger partial charge in [-0.2, -0.15) is 5.26 Å². The third-order valence-corrected chi connectivity index (χ3v) is 3.04. The van der Waals surface area contributed by atoms with Gasteiger partial charge in [0.25, 0.3) is 0 Å². The topological polar surface area (TPSA) is 33.0 Å². The minimum atomic E-state index is 0.692. The van der Waals surface area contributed by atoms with Gasteiger partial charge in [-0.25, -0.2) is 0 Å². The molecule has 0 saturated heterocycles. The molecule has 0 aliphatic heterocycles. The molecule has 0 bridgehead atoms. The monoisotopic (exact) mass is 251 g/mol. The smallest absolute Gasteiger partial charge is 0.0991 e. The van der Waals surface area contributed by atoms with Crippen molar-refractivity contribution in [2.45, 2.75) is 13.3 Å². The molecular weight excluding hydrogens is 234 g/mol. The van der Waals surface area contributed by atoms with Crippen LogP contribution in [0.1, 0.15) is 18.1 Å². The number of ether oxygens (including phenoxy) is 1. The van der Waals surface area contributed by atoms with Gasteiger partial charge < -0.3 is 4.74 Å². The fraction of sp³-hybridized carbons (Fsp3) is 0.235. The molecule has 0 amide bonds. The predicted molar refractivity (Wildman–Crippen MR) is 76.8 cm³/mol. The number of hydrogen-bond donors (Lipinski definition) is 0. The van der Waals surface area contributed by atoms with Gasteiger partial charge in [-0.1, -0.05) is 36.4 Å². The third kappa shape index (κ3) is 3.67. The summed E-state index contributed by atoms with van der Waals surface area (Å²) in [5.41, 5.74) is 4.28. The number of nitriles is 1. The van der Waals surface area contributed by atoms with Crippen molar-refractivity contribution in [1.29, 1.82) is 5.26 Å². The van der Waals surface area contributed by atoms with E-state index < -0.39 is 0 Å². The van der Waals surface area contributed by atoms with Crippen LogP contribution in [0.5, 0.6) is 0 Å². The Hall–Kier alpha value is -2.11. The molecular formula is C17H17NO. The molecule has 2 heteroatoms. The van der Waals surface area contributed by atoms with E-state index >= 15 is 0 Å². The quantitative estimate of drug-likeness (QED) is 0.757. The largest absolute Gasteiger partial charge is 0.381 e. The number of nitrogens with zero attached hydrogens (tertiary/aromatic N) is 1. The van der Waals surface area contributed by atoms with E-state index in [2.05, 4.69) is 30.3 Å². The van der Waals surface area contributed by atoms with Gasteiger partial charge in [-0.05, 0) is 42.2 Å². The Morgan fingerprint density at radius 3 is 2.05 bits per heavy atom. The van der Waals surface area contributed by atoms with Crippen LogP contribution in [-0.4, -0.2) is 13.2 Å². The van der Waals surface area contributed by atoms with Crippen molar-refractivity contribution in [3.63, 3.8) is 0 Å². The van der Waals surface area contributed by atoms with E-state index in [0.29, 0.717) is 5.56 Å². The molecule has 0 radical (unpaired) electrons. The van der Waals surface area contributed by atoms with E-state index in [1.807, 2.05) is 31.2 Å². The van der Waals surface area contributed by atoms with Gasteiger partial charge in [0.05, 0.1) is 18.2 Å². The molecule has 0 heterocycles. The van der Waals surface area contributed by atoms with Crippen LogP contribution in [0.15, 0.2) is 48.5 Å². The van der Waals surface area contributed by atoms with Crippen LogP contribution in [0.4, 0.5) is 0 Å². The summed E-state index contributed by atoms with van der Waals surface area (Å²) in [5.74, 6) is 0. The fourth-order valence-corrected chi connectivity index (χ4v) is 1.94. The van der Waals surface area contributed by atoms with E-state index in [0.717, 1.165) is 25.2 Å². The lowest BCUT2D eigenvalue weighted by Gasteiger charge is -2.05. The van der Waals surface area contributed by atoms with E-state index in [9.17, 15) is 0 Å². The summed E-state index contributed by atoms with van der Waals surface area (Å²) in [6.45, 7) is 3.55. The lowest BCUT2D eigenvalue weighted by molar-refractivity contribution is 0.151. The zero-order valence-corrected chi connectivity index (χ0v) is 11.1. The Balaban J connectivity index is 2.07. The molecule has 2 rings (SSSR count). The van der Waals surface area contributed by atoms with Gasteiger partial charge in [0.2, 0.25) is 0 Å². The average Bonchev–Trinajstić information content (AvgIpc) is 2.48. The molecule has 0 atom stereocenters. The minimum Gasteiger partial charge on any atom is -0.381 e. The summed E-state index contributed by atoms with van der Waals surface area (Å²) in [6.07, 6.45) is 0.946. The molecule has 19 heavy (non-hydrogen) atoms. The molecule has 0 saturated carbocycles. The summed E-state index contributed by atoms with van der Waals surface area (Å²) in [5, 5.41) is 8.78. The van der Waals surface area contributed by atoms with E-state index in [4.69, 9.17) is 10.00 Å². The maximum absolute atomic E-state index is 8.78. The molecule has 2 nitrogen and oxygen atoms in total. The molecule has 0 aliphatic carbocycles. The molecule has 0 aromatic heterocycles. The predicted octanol–water partition coefficient (Wildman–Crippen LogP) is 3.80. The second-order valence-corrected chi connectivity index (χ2v) is 4.33. The summed E-state index contributed by atoms with van der Waals surface area (Å²) in [6, 6.07) is 18.3. The van der Waals surface area contributed by atoms with Crippen LogP contribution in [0.2, 0.25) is 0 Å². The minimum absolute atomic E-state index is 0.692. The highest BCUT2D eigenvalue weighted by atomic mass is 16.5. The van der Waals surface area contributed by atoms with Crippen LogP contribution in [0, 0.1) is 11.3 Å². The summed E-state index contributed by atoms with van der Waals surface area (Å²) in [7, 11) is 0. The van der Waals surface area contributed by atoms with Gasteiger partial charge in [-0.3, -0.25) is 0 Å².